The molecule has 1 heterocycles. The van der Waals surface area contributed by atoms with Gasteiger partial charge in [-0.1, -0.05) is 20.8 Å². The van der Waals surface area contributed by atoms with E-state index in [1.807, 2.05) is 4.90 Å². The van der Waals surface area contributed by atoms with Crippen LogP contribution in [0.15, 0.2) is 0 Å². The van der Waals surface area contributed by atoms with Crippen molar-refractivity contribution in [3.05, 3.63) is 0 Å². The van der Waals surface area contributed by atoms with Gasteiger partial charge < -0.3 is 10.0 Å². The molecular formula is C14H27NO2. The van der Waals surface area contributed by atoms with E-state index < -0.39 is 0 Å². The fourth-order valence-corrected chi connectivity index (χ4v) is 2.43. The maximum Gasteiger partial charge on any atom is 0.222 e. The van der Waals surface area contributed by atoms with Gasteiger partial charge in [0.25, 0.3) is 0 Å². The minimum absolute atomic E-state index is 0.217. The lowest BCUT2D eigenvalue weighted by Gasteiger charge is -2.27. The number of carbonyl (C=O) groups excluding carboxylic acids is 1. The van der Waals surface area contributed by atoms with Crippen LogP contribution in [-0.4, -0.2) is 34.6 Å². The Hall–Kier alpha value is -0.570. The number of aliphatic hydroxyl groups is 1. The van der Waals surface area contributed by atoms with E-state index in [1.165, 1.54) is 0 Å². The first-order chi connectivity index (χ1) is 7.79. The molecule has 0 aliphatic carbocycles. The molecule has 1 rings (SSSR count). The van der Waals surface area contributed by atoms with Crippen molar-refractivity contribution in [1.29, 1.82) is 0 Å². The van der Waals surface area contributed by atoms with Crippen molar-refractivity contribution in [2.24, 2.45) is 5.41 Å². The van der Waals surface area contributed by atoms with Gasteiger partial charge in [0.05, 0.1) is 6.10 Å². The first-order valence-electron chi connectivity index (χ1n) is 6.77. The topological polar surface area (TPSA) is 40.5 Å². The van der Waals surface area contributed by atoms with Gasteiger partial charge in [0, 0.05) is 19.0 Å². The van der Waals surface area contributed by atoms with Crippen LogP contribution in [0, 0.1) is 5.41 Å². The van der Waals surface area contributed by atoms with E-state index in [9.17, 15) is 9.90 Å². The van der Waals surface area contributed by atoms with E-state index >= 15 is 0 Å². The minimum atomic E-state index is -0.309. The first-order valence-corrected chi connectivity index (χ1v) is 6.77. The van der Waals surface area contributed by atoms with Crippen LogP contribution >= 0.6 is 0 Å². The summed E-state index contributed by atoms with van der Waals surface area (Å²) in [6, 6.07) is 0.266. The maximum atomic E-state index is 12.1. The van der Waals surface area contributed by atoms with Gasteiger partial charge in [-0.05, 0) is 38.0 Å². The lowest BCUT2D eigenvalue weighted by atomic mass is 9.90. The number of hydrogen-bond acceptors (Lipinski definition) is 2. The summed E-state index contributed by atoms with van der Waals surface area (Å²) in [5.41, 5.74) is 0.217. The van der Waals surface area contributed by atoms with Crippen LogP contribution in [-0.2, 0) is 4.79 Å². The van der Waals surface area contributed by atoms with Crippen molar-refractivity contribution >= 4 is 5.91 Å². The third kappa shape index (κ3) is 5.07. The summed E-state index contributed by atoms with van der Waals surface area (Å²) in [6.07, 6.45) is 4.12. The Labute approximate surface area is 105 Å². The van der Waals surface area contributed by atoms with Crippen molar-refractivity contribution < 1.29 is 9.90 Å². The summed E-state index contributed by atoms with van der Waals surface area (Å²) in [7, 11) is 0. The number of nitrogens with zero attached hydrogens (tertiary/aromatic N) is 1. The molecule has 1 aliphatic rings. The summed E-state index contributed by atoms with van der Waals surface area (Å²) in [6.45, 7) is 9.17. The molecule has 1 fully saturated rings. The largest absolute Gasteiger partial charge is 0.393 e. The Morgan fingerprint density at radius 2 is 2.12 bits per heavy atom. The summed E-state index contributed by atoms with van der Waals surface area (Å²) >= 11 is 0. The molecule has 0 bridgehead atoms. The molecule has 0 aromatic heterocycles. The number of carbonyl (C=O) groups is 1. The molecule has 0 spiro atoms. The molecule has 100 valence electrons. The normalized spacial score (nSPS) is 22.9. The zero-order chi connectivity index (χ0) is 13.1. The quantitative estimate of drug-likeness (QED) is 0.822. The molecule has 0 aromatic carbocycles. The van der Waals surface area contributed by atoms with Crippen molar-refractivity contribution in [3.8, 4) is 0 Å². The van der Waals surface area contributed by atoms with Crippen LogP contribution in [0.3, 0.4) is 0 Å². The van der Waals surface area contributed by atoms with Crippen LogP contribution in [0.25, 0.3) is 0 Å². The number of aliphatic hydroxyl groups excluding tert-OH is 1. The molecule has 2 unspecified atom stereocenters. The van der Waals surface area contributed by atoms with Gasteiger partial charge in [-0.2, -0.15) is 0 Å². The van der Waals surface area contributed by atoms with Crippen LogP contribution in [0.4, 0.5) is 0 Å². The molecule has 1 amide bonds. The molecule has 2 atom stereocenters. The minimum Gasteiger partial charge on any atom is -0.393 e. The van der Waals surface area contributed by atoms with Gasteiger partial charge >= 0.3 is 0 Å². The van der Waals surface area contributed by atoms with Crippen molar-refractivity contribution in [1.82, 2.24) is 4.90 Å². The van der Waals surface area contributed by atoms with Crippen LogP contribution in [0.1, 0.15) is 59.8 Å². The zero-order valence-corrected chi connectivity index (χ0v) is 11.7. The molecule has 1 N–H and O–H groups in total. The van der Waals surface area contributed by atoms with E-state index in [-0.39, 0.29) is 23.5 Å². The second-order valence-electron chi connectivity index (χ2n) is 6.53. The highest BCUT2D eigenvalue weighted by Gasteiger charge is 2.29. The van der Waals surface area contributed by atoms with E-state index in [4.69, 9.17) is 0 Å². The number of likely N-dealkylation sites (tertiary alicyclic amines) is 1. The molecule has 1 saturated heterocycles. The van der Waals surface area contributed by atoms with Gasteiger partial charge in [0.2, 0.25) is 5.91 Å². The predicted octanol–water partition coefficient (Wildman–Crippen LogP) is 2.57. The third-order valence-corrected chi connectivity index (χ3v) is 3.40. The molecule has 3 heteroatoms. The molecule has 3 nitrogen and oxygen atoms in total. The maximum absolute atomic E-state index is 12.1. The lowest BCUT2D eigenvalue weighted by Crippen LogP contribution is -2.37. The first kappa shape index (κ1) is 14.5. The van der Waals surface area contributed by atoms with Crippen molar-refractivity contribution in [3.63, 3.8) is 0 Å². The Balaban J connectivity index is 2.44. The Morgan fingerprint density at radius 1 is 1.47 bits per heavy atom. The molecular weight excluding hydrogens is 214 g/mol. The second-order valence-corrected chi connectivity index (χ2v) is 6.53. The smallest absolute Gasteiger partial charge is 0.222 e. The second kappa shape index (κ2) is 5.85. The Kier molecular flexibility index (Phi) is 4.99. The average Bonchev–Trinajstić information content (AvgIpc) is 2.60. The van der Waals surface area contributed by atoms with Gasteiger partial charge in [-0.15, -0.1) is 0 Å². The number of amides is 1. The van der Waals surface area contributed by atoms with Crippen LogP contribution < -0.4 is 0 Å². The van der Waals surface area contributed by atoms with E-state index in [2.05, 4.69) is 20.8 Å². The SMILES string of the molecule is CC(O)CC1CCCN1C(=O)CCC(C)(C)C. The van der Waals surface area contributed by atoms with Crippen molar-refractivity contribution in [2.75, 3.05) is 6.54 Å². The Bertz CT molecular complexity index is 255. The highest BCUT2D eigenvalue weighted by Crippen LogP contribution is 2.25. The van der Waals surface area contributed by atoms with Gasteiger partial charge in [-0.25, -0.2) is 0 Å². The zero-order valence-electron chi connectivity index (χ0n) is 11.7. The van der Waals surface area contributed by atoms with Crippen LogP contribution in [0.5, 0.6) is 0 Å². The lowest BCUT2D eigenvalue weighted by molar-refractivity contribution is -0.133. The Morgan fingerprint density at radius 3 is 2.65 bits per heavy atom. The van der Waals surface area contributed by atoms with Gasteiger partial charge in [0.1, 0.15) is 0 Å². The molecule has 0 aromatic rings. The van der Waals surface area contributed by atoms with Crippen molar-refractivity contribution in [2.45, 2.75) is 71.9 Å². The van der Waals surface area contributed by atoms with Gasteiger partial charge in [0.15, 0.2) is 0 Å². The summed E-state index contributed by atoms with van der Waals surface area (Å²) in [4.78, 5) is 14.1. The molecule has 0 saturated carbocycles. The standard InChI is InChI=1S/C14H27NO2/c1-11(16)10-12-6-5-9-15(12)13(17)7-8-14(2,3)4/h11-12,16H,5-10H2,1-4H3. The number of hydrogen-bond donors (Lipinski definition) is 1. The fraction of sp³-hybridized carbons (Fsp3) is 0.929. The number of rotatable bonds is 4. The third-order valence-electron chi connectivity index (χ3n) is 3.40. The highest BCUT2D eigenvalue weighted by molar-refractivity contribution is 5.76. The fourth-order valence-electron chi connectivity index (χ4n) is 2.43. The van der Waals surface area contributed by atoms with E-state index in [1.54, 1.807) is 6.92 Å². The highest BCUT2D eigenvalue weighted by atomic mass is 16.3. The van der Waals surface area contributed by atoms with Gasteiger partial charge in [-0.3, -0.25) is 4.79 Å². The summed E-state index contributed by atoms with van der Waals surface area (Å²) in [5.74, 6) is 0.267. The van der Waals surface area contributed by atoms with Crippen LogP contribution in [0.2, 0.25) is 0 Å². The molecule has 1 aliphatic heterocycles. The van der Waals surface area contributed by atoms with E-state index in [0.717, 1.165) is 32.2 Å². The molecule has 17 heavy (non-hydrogen) atoms. The predicted molar refractivity (Wildman–Crippen MR) is 69.7 cm³/mol. The molecule has 0 radical (unpaired) electrons. The summed E-state index contributed by atoms with van der Waals surface area (Å²) in [5, 5.41) is 9.43. The van der Waals surface area contributed by atoms with E-state index in [0.29, 0.717) is 6.42 Å². The monoisotopic (exact) mass is 241 g/mol. The average molecular weight is 241 g/mol. The summed E-state index contributed by atoms with van der Waals surface area (Å²) < 4.78 is 0.